The van der Waals surface area contributed by atoms with E-state index in [4.69, 9.17) is 0 Å². The molecule has 1 heterocycles. The van der Waals surface area contributed by atoms with Crippen LogP contribution in [0.25, 0.3) is 0 Å². The molecule has 5 nitrogen and oxygen atoms in total. The summed E-state index contributed by atoms with van der Waals surface area (Å²) in [6, 6.07) is 5.08. The van der Waals surface area contributed by atoms with Gasteiger partial charge in [-0.15, -0.1) is 10.2 Å². The molecule has 128 valence electrons. The van der Waals surface area contributed by atoms with Crippen LogP contribution in [-0.4, -0.2) is 20.7 Å². The van der Waals surface area contributed by atoms with Gasteiger partial charge in [-0.25, -0.2) is 0 Å². The topological polar surface area (TPSA) is 59.8 Å². The van der Waals surface area contributed by atoms with E-state index in [1.165, 1.54) is 18.5 Å². The van der Waals surface area contributed by atoms with Gasteiger partial charge in [0.25, 0.3) is 0 Å². The van der Waals surface area contributed by atoms with Crippen LogP contribution in [0, 0.1) is 5.92 Å². The summed E-state index contributed by atoms with van der Waals surface area (Å²) in [7, 11) is 1.76. The number of nitrogens with one attached hydrogen (secondary N) is 1. The third kappa shape index (κ3) is 3.13. The minimum Gasteiger partial charge on any atom is -0.346 e. The maximum absolute atomic E-state index is 13.1. The fourth-order valence-electron chi connectivity index (χ4n) is 2.98. The van der Waals surface area contributed by atoms with E-state index < -0.39 is 23.6 Å². The lowest BCUT2D eigenvalue weighted by atomic mass is 10.0. The number of hydrogen-bond acceptors (Lipinski definition) is 3. The number of aromatic nitrogens is 3. The monoisotopic (exact) mass is 338 g/mol. The summed E-state index contributed by atoms with van der Waals surface area (Å²) in [4.78, 5) is 12.3. The number of nitrogens with zero attached hydrogens (tertiary/aromatic N) is 3. The van der Waals surface area contributed by atoms with Crippen LogP contribution < -0.4 is 5.32 Å². The van der Waals surface area contributed by atoms with Crippen LogP contribution in [0.3, 0.4) is 0 Å². The number of benzene rings is 1. The zero-order valence-electron chi connectivity index (χ0n) is 13.2. The Morgan fingerprint density at radius 2 is 2.08 bits per heavy atom. The van der Waals surface area contributed by atoms with E-state index in [-0.39, 0.29) is 17.5 Å². The summed E-state index contributed by atoms with van der Waals surface area (Å²) >= 11 is 0. The van der Waals surface area contributed by atoms with Crippen LogP contribution in [0.15, 0.2) is 30.6 Å². The van der Waals surface area contributed by atoms with E-state index >= 15 is 0 Å². The fourth-order valence-corrected chi connectivity index (χ4v) is 2.98. The molecule has 1 aromatic heterocycles. The standard InChI is InChI=1S/C16H17F3N4O/c1-9(14-22-20-8-23(14)2)21-15(24)12-7-11(12)10-5-3-4-6-13(10)16(17,18)19/h3-6,8-9,11-12H,7H2,1-2H3,(H,21,24)/t9-,11+,12-/m0/s1. The van der Waals surface area contributed by atoms with Crippen molar-refractivity contribution < 1.29 is 18.0 Å². The maximum Gasteiger partial charge on any atom is 0.416 e. The highest BCUT2D eigenvalue weighted by molar-refractivity contribution is 5.83. The number of carbonyl (C=O) groups excluding carboxylic acids is 1. The van der Waals surface area contributed by atoms with Crippen LogP contribution >= 0.6 is 0 Å². The van der Waals surface area contributed by atoms with Crippen molar-refractivity contribution in [3.63, 3.8) is 0 Å². The van der Waals surface area contributed by atoms with E-state index in [2.05, 4.69) is 15.5 Å². The molecule has 1 saturated carbocycles. The largest absolute Gasteiger partial charge is 0.416 e. The van der Waals surface area contributed by atoms with Crippen molar-refractivity contribution in [3.8, 4) is 0 Å². The molecule has 3 atom stereocenters. The molecule has 0 spiro atoms. The molecule has 0 bridgehead atoms. The molecule has 2 aromatic rings. The summed E-state index contributed by atoms with van der Waals surface area (Å²) in [5.41, 5.74) is -0.469. The average Bonchev–Trinajstić information content (AvgIpc) is 3.21. The van der Waals surface area contributed by atoms with E-state index in [9.17, 15) is 18.0 Å². The summed E-state index contributed by atoms with van der Waals surface area (Å²) in [5.74, 6) is -0.498. The van der Waals surface area contributed by atoms with E-state index in [0.717, 1.165) is 6.07 Å². The summed E-state index contributed by atoms with van der Waals surface area (Å²) in [5, 5.41) is 10.5. The van der Waals surface area contributed by atoms with Gasteiger partial charge in [0.2, 0.25) is 5.91 Å². The van der Waals surface area contributed by atoms with Gasteiger partial charge in [-0.3, -0.25) is 4.79 Å². The highest BCUT2D eigenvalue weighted by atomic mass is 19.4. The zero-order chi connectivity index (χ0) is 17.5. The summed E-state index contributed by atoms with van der Waals surface area (Å²) < 4.78 is 40.9. The smallest absolute Gasteiger partial charge is 0.346 e. The van der Waals surface area contributed by atoms with Gasteiger partial charge in [-0.1, -0.05) is 18.2 Å². The number of halogens is 3. The van der Waals surface area contributed by atoms with Gasteiger partial charge in [-0.05, 0) is 30.9 Å². The zero-order valence-corrected chi connectivity index (χ0v) is 13.2. The lowest BCUT2D eigenvalue weighted by Crippen LogP contribution is -2.30. The predicted molar refractivity (Wildman–Crippen MR) is 79.9 cm³/mol. The summed E-state index contributed by atoms with van der Waals surface area (Å²) in [6.07, 6.45) is -2.46. The van der Waals surface area contributed by atoms with E-state index in [1.54, 1.807) is 24.6 Å². The third-order valence-electron chi connectivity index (χ3n) is 4.29. The lowest BCUT2D eigenvalue weighted by molar-refractivity contribution is -0.138. The Labute approximate surface area is 136 Å². The molecule has 24 heavy (non-hydrogen) atoms. The third-order valence-corrected chi connectivity index (χ3v) is 4.29. The molecule has 1 aliphatic carbocycles. The van der Waals surface area contributed by atoms with Crippen LogP contribution in [-0.2, 0) is 18.0 Å². The number of carbonyl (C=O) groups is 1. The van der Waals surface area contributed by atoms with Gasteiger partial charge in [0.05, 0.1) is 11.6 Å². The molecule has 1 amide bonds. The van der Waals surface area contributed by atoms with Crippen molar-refractivity contribution in [3.05, 3.63) is 47.5 Å². The Morgan fingerprint density at radius 1 is 1.38 bits per heavy atom. The Hall–Kier alpha value is -2.38. The molecule has 3 rings (SSSR count). The van der Waals surface area contributed by atoms with Crippen LogP contribution in [0.1, 0.15) is 42.3 Å². The Balaban J connectivity index is 1.70. The second-order valence-corrected chi connectivity index (χ2v) is 6.06. The molecule has 1 aliphatic rings. The first-order chi connectivity index (χ1) is 11.3. The minimum atomic E-state index is -4.41. The lowest BCUT2D eigenvalue weighted by Gasteiger charge is -2.14. The molecule has 8 heteroatoms. The fraction of sp³-hybridized carbons (Fsp3) is 0.438. The van der Waals surface area contributed by atoms with Gasteiger partial charge >= 0.3 is 6.18 Å². The SMILES string of the molecule is C[C@H](NC(=O)[C@H]1C[C@@H]1c1ccccc1C(F)(F)F)c1nncn1C. The Morgan fingerprint density at radius 3 is 2.71 bits per heavy atom. The number of hydrogen-bond donors (Lipinski definition) is 1. The first-order valence-corrected chi connectivity index (χ1v) is 7.59. The van der Waals surface area contributed by atoms with Crippen molar-refractivity contribution in [2.75, 3.05) is 0 Å². The average molecular weight is 338 g/mol. The first-order valence-electron chi connectivity index (χ1n) is 7.59. The molecule has 1 fully saturated rings. The molecule has 0 radical (unpaired) electrons. The number of rotatable bonds is 4. The maximum atomic E-state index is 13.1. The number of aryl methyl sites for hydroxylation is 1. The van der Waals surface area contributed by atoms with Crippen molar-refractivity contribution in [1.29, 1.82) is 0 Å². The van der Waals surface area contributed by atoms with Crippen LogP contribution in [0.4, 0.5) is 13.2 Å². The van der Waals surface area contributed by atoms with Crippen molar-refractivity contribution in [1.82, 2.24) is 20.1 Å². The van der Waals surface area contributed by atoms with E-state index in [1.807, 2.05) is 0 Å². The van der Waals surface area contributed by atoms with Crippen molar-refractivity contribution in [2.24, 2.45) is 13.0 Å². The van der Waals surface area contributed by atoms with Crippen LogP contribution in [0.2, 0.25) is 0 Å². The molecule has 0 saturated heterocycles. The van der Waals surface area contributed by atoms with Crippen molar-refractivity contribution in [2.45, 2.75) is 31.5 Å². The normalized spacial score (nSPS) is 21.4. The molecule has 1 aromatic carbocycles. The van der Waals surface area contributed by atoms with Gasteiger partial charge in [-0.2, -0.15) is 13.2 Å². The Kier molecular flexibility index (Phi) is 4.06. The van der Waals surface area contributed by atoms with Gasteiger partial charge in [0, 0.05) is 13.0 Å². The summed E-state index contributed by atoms with van der Waals surface area (Å²) in [6.45, 7) is 1.77. The van der Waals surface area contributed by atoms with Gasteiger partial charge in [0.1, 0.15) is 6.33 Å². The number of alkyl halides is 3. The minimum absolute atomic E-state index is 0.191. The second kappa shape index (κ2) is 5.92. The van der Waals surface area contributed by atoms with Crippen molar-refractivity contribution >= 4 is 5.91 Å². The van der Waals surface area contributed by atoms with E-state index in [0.29, 0.717) is 12.2 Å². The van der Waals surface area contributed by atoms with Gasteiger partial charge in [0.15, 0.2) is 5.82 Å². The molecule has 0 aliphatic heterocycles. The molecule has 1 N–H and O–H groups in total. The molecule has 0 unspecified atom stereocenters. The van der Waals surface area contributed by atoms with Gasteiger partial charge < -0.3 is 9.88 Å². The van der Waals surface area contributed by atoms with Crippen LogP contribution in [0.5, 0.6) is 0 Å². The molecular weight excluding hydrogens is 321 g/mol. The highest BCUT2D eigenvalue weighted by Crippen LogP contribution is 2.51. The first kappa shape index (κ1) is 16.5. The Bertz CT molecular complexity index is 756. The second-order valence-electron chi connectivity index (χ2n) is 6.06. The highest BCUT2D eigenvalue weighted by Gasteiger charge is 2.48. The predicted octanol–water partition coefficient (Wildman–Crippen LogP) is 2.81. The quantitative estimate of drug-likeness (QED) is 0.932. The molecular formula is C16H17F3N4O. The number of amides is 1.